The maximum absolute atomic E-state index is 13.4. The van der Waals surface area contributed by atoms with E-state index < -0.39 is 23.6 Å². The number of hydrogen-bond donors (Lipinski definition) is 3. The first kappa shape index (κ1) is 25.1. The molecule has 0 amide bonds. The van der Waals surface area contributed by atoms with Gasteiger partial charge < -0.3 is 20.1 Å². The highest BCUT2D eigenvalue weighted by atomic mass is 16.5. The van der Waals surface area contributed by atoms with Crippen molar-refractivity contribution in [1.82, 2.24) is 20.1 Å². The van der Waals surface area contributed by atoms with Gasteiger partial charge in [0.2, 0.25) is 0 Å². The molecule has 2 fully saturated rings. The number of H-pyrrole nitrogens is 1. The van der Waals surface area contributed by atoms with Crippen molar-refractivity contribution in [1.29, 1.82) is 0 Å². The molecule has 35 heavy (non-hydrogen) atoms. The number of rotatable bonds is 9. The Hall–Kier alpha value is -3.01. The van der Waals surface area contributed by atoms with Gasteiger partial charge in [-0.15, -0.1) is 0 Å². The molecule has 0 spiro atoms. The highest BCUT2D eigenvalue weighted by Gasteiger charge is 2.45. The SMILES string of the molecule is CCOC(=O)C1C(=O)/C(=C\NCCN2CCN(CCO)CC2)C(=O)CC1c1cccc2[nH]ccc12. The number of benzene rings is 1. The largest absolute Gasteiger partial charge is 0.465 e. The van der Waals surface area contributed by atoms with Gasteiger partial charge >= 0.3 is 5.97 Å². The number of hydrogen-bond acceptors (Lipinski definition) is 8. The normalized spacial score (nSPS) is 23.2. The van der Waals surface area contributed by atoms with Crippen molar-refractivity contribution in [3.05, 3.63) is 47.8 Å². The Labute approximate surface area is 205 Å². The average Bonchev–Trinajstić information content (AvgIpc) is 3.33. The zero-order valence-corrected chi connectivity index (χ0v) is 20.2. The van der Waals surface area contributed by atoms with E-state index in [-0.39, 0.29) is 31.0 Å². The second-order valence-corrected chi connectivity index (χ2v) is 9.03. The first-order chi connectivity index (χ1) is 17.0. The molecule has 2 aliphatic rings. The molecule has 1 saturated carbocycles. The smallest absolute Gasteiger partial charge is 0.317 e. The maximum Gasteiger partial charge on any atom is 0.317 e. The quantitative estimate of drug-likeness (QED) is 0.160. The van der Waals surface area contributed by atoms with Crippen molar-refractivity contribution in [2.75, 3.05) is 59.0 Å². The van der Waals surface area contributed by atoms with Crippen LogP contribution in [0.25, 0.3) is 10.9 Å². The summed E-state index contributed by atoms with van der Waals surface area (Å²) >= 11 is 0. The highest BCUT2D eigenvalue weighted by molar-refractivity contribution is 6.27. The molecular weight excluding hydrogens is 448 g/mol. The summed E-state index contributed by atoms with van der Waals surface area (Å²) in [5.74, 6) is -2.96. The molecule has 2 aromatic rings. The number of nitrogens with zero attached hydrogens (tertiary/aromatic N) is 2. The number of aliphatic hydroxyl groups excluding tert-OH is 1. The number of Topliss-reactive ketones (excluding diaryl/α,β-unsaturated/α-hetero) is 2. The predicted octanol–water partition coefficient (Wildman–Crippen LogP) is 1.06. The lowest BCUT2D eigenvalue weighted by Crippen LogP contribution is -2.48. The number of nitrogens with one attached hydrogen (secondary N) is 2. The lowest BCUT2D eigenvalue weighted by atomic mass is 9.71. The molecule has 1 aliphatic carbocycles. The minimum Gasteiger partial charge on any atom is -0.465 e. The van der Waals surface area contributed by atoms with Crippen LogP contribution in [0.15, 0.2) is 42.2 Å². The summed E-state index contributed by atoms with van der Waals surface area (Å²) in [6.07, 6.45) is 3.35. The Morgan fingerprint density at radius 3 is 2.63 bits per heavy atom. The van der Waals surface area contributed by atoms with E-state index in [1.54, 1.807) is 6.92 Å². The summed E-state index contributed by atoms with van der Waals surface area (Å²) in [5, 5.41) is 13.1. The van der Waals surface area contributed by atoms with E-state index in [0.717, 1.165) is 49.2 Å². The Balaban J connectivity index is 1.45. The van der Waals surface area contributed by atoms with Crippen molar-refractivity contribution < 1.29 is 24.2 Å². The van der Waals surface area contributed by atoms with E-state index in [1.165, 1.54) is 6.20 Å². The fourth-order valence-electron chi connectivity index (χ4n) is 5.07. The minimum atomic E-state index is -1.05. The summed E-state index contributed by atoms with van der Waals surface area (Å²) < 4.78 is 5.26. The molecule has 9 nitrogen and oxygen atoms in total. The molecule has 1 saturated heterocycles. The van der Waals surface area contributed by atoms with Crippen LogP contribution in [-0.2, 0) is 19.1 Å². The zero-order chi connectivity index (χ0) is 24.8. The number of piperazine rings is 1. The molecule has 0 radical (unpaired) electrons. The highest BCUT2D eigenvalue weighted by Crippen LogP contribution is 2.40. The number of fused-ring (bicyclic) bond motifs is 1. The van der Waals surface area contributed by atoms with Crippen molar-refractivity contribution in [2.45, 2.75) is 19.3 Å². The third-order valence-electron chi connectivity index (χ3n) is 6.92. The summed E-state index contributed by atoms with van der Waals surface area (Å²) in [7, 11) is 0. The molecule has 0 bridgehead atoms. The summed E-state index contributed by atoms with van der Waals surface area (Å²) in [6.45, 7) is 7.75. The molecule has 1 aromatic carbocycles. The van der Waals surface area contributed by atoms with Gasteiger partial charge in [0.1, 0.15) is 5.92 Å². The van der Waals surface area contributed by atoms with Gasteiger partial charge in [0.15, 0.2) is 11.6 Å². The molecule has 2 unspecified atom stereocenters. The lowest BCUT2D eigenvalue weighted by Gasteiger charge is -2.34. The number of aliphatic hydroxyl groups is 1. The van der Waals surface area contributed by atoms with E-state index >= 15 is 0 Å². The van der Waals surface area contributed by atoms with Gasteiger partial charge in [0.25, 0.3) is 0 Å². The van der Waals surface area contributed by atoms with Crippen LogP contribution in [0.4, 0.5) is 0 Å². The average molecular weight is 483 g/mol. The van der Waals surface area contributed by atoms with Crippen molar-refractivity contribution in [3.63, 3.8) is 0 Å². The lowest BCUT2D eigenvalue weighted by molar-refractivity contribution is -0.152. The van der Waals surface area contributed by atoms with Crippen LogP contribution in [0.1, 0.15) is 24.8 Å². The summed E-state index contributed by atoms with van der Waals surface area (Å²) in [4.78, 5) is 47.1. The topological polar surface area (TPSA) is 115 Å². The molecule has 2 atom stereocenters. The van der Waals surface area contributed by atoms with Gasteiger partial charge in [-0.05, 0) is 24.6 Å². The number of carbonyl (C=O) groups excluding carboxylic acids is 3. The summed E-state index contributed by atoms with van der Waals surface area (Å²) in [5.41, 5.74) is 1.73. The molecule has 3 N–H and O–H groups in total. The van der Waals surface area contributed by atoms with Gasteiger partial charge in [0, 0.05) is 81.5 Å². The molecular formula is C26H34N4O5. The number of aromatic nitrogens is 1. The second-order valence-electron chi connectivity index (χ2n) is 9.03. The van der Waals surface area contributed by atoms with Crippen molar-refractivity contribution in [2.24, 2.45) is 5.92 Å². The number of ketones is 2. The van der Waals surface area contributed by atoms with Crippen LogP contribution in [0.5, 0.6) is 0 Å². The fourth-order valence-corrected chi connectivity index (χ4v) is 5.07. The van der Waals surface area contributed by atoms with E-state index in [0.29, 0.717) is 13.1 Å². The Morgan fingerprint density at radius 1 is 1.17 bits per heavy atom. The van der Waals surface area contributed by atoms with Crippen LogP contribution < -0.4 is 5.32 Å². The Bertz CT molecular complexity index is 1090. The fraction of sp³-hybridized carbons (Fsp3) is 0.500. The van der Waals surface area contributed by atoms with Crippen LogP contribution in [0.3, 0.4) is 0 Å². The monoisotopic (exact) mass is 482 g/mol. The third kappa shape index (κ3) is 5.63. The first-order valence-electron chi connectivity index (χ1n) is 12.3. The molecule has 2 heterocycles. The van der Waals surface area contributed by atoms with E-state index in [2.05, 4.69) is 20.1 Å². The number of ether oxygens (including phenoxy) is 1. The molecule has 1 aliphatic heterocycles. The van der Waals surface area contributed by atoms with Crippen molar-refractivity contribution >= 4 is 28.4 Å². The number of β-amino-alcohol motifs (C(OH)–C–C–N with tert-alkyl or cyclic N) is 1. The number of carbonyl (C=O) groups is 3. The number of aromatic amines is 1. The molecule has 188 valence electrons. The van der Waals surface area contributed by atoms with Crippen LogP contribution in [0, 0.1) is 5.92 Å². The Morgan fingerprint density at radius 2 is 1.91 bits per heavy atom. The van der Waals surface area contributed by atoms with Crippen LogP contribution in [0.2, 0.25) is 0 Å². The molecule has 9 heteroatoms. The van der Waals surface area contributed by atoms with Gasteiger partial charge in [-0.2, -0.15) is 0 Å². The summed E-state index contributed by atoms with van der Waals surface area (Å²) in [6, 6.07) is 7.56. The standard InChI is InChI=1S/C26H34N4O5/c1-2-35-26(34)24-20(18-4-3-5-22-19(18)6-7-28-22)16-23(32)21(25(24)33)17-27-8-9-29-10-12-30(13-11-29)14-15-31/h3-7,17,20,24,27-28,31H,2,8-16H2,1H3/b21-17-. The second kappa shape index (κ2) is 11.6. The van der Waals surface area contributed by atoms with Crippen LogP contribution >= 0.6 is 0 Å². The van der Waals surface area contributed by atoms with Gasteiger partial charge in [-0.3, -0.25) is 24.2 Å². The van der Waals surface area contributed by atoms with Crippen LogP contribution in [-0.4, -0.2) is 96.5 Å². The minimum absolute atomic E-state index is 0.0355. The molecule has 4 rings (SSSR count). The van der Waals surface area contributed by atoms with E-state index in [1.807, 2.05) is 30.5 Å². The first-order valence-corrected chi connectivity index (χ1v) is 12.3. The zero-order valence-electron chi connectivity index (χ0n) is 20.2. The predicted molar refractivity (Wildman–Crippen MR) is 132 cm³/mol. The van der Waals surface area contributed by atoms with E-state index in [4.69, 9.17) is 9.84 Å². The van der Waals surface area contributed by atoms with Gasteiger partial charge in [0.05, 0.1) is 18.8 Å². The number of esters is 1. The van der Waals surface area contributed by atoms with E-state index in [9.17, 15) is 14.4 Å². The third-order valence-corrected chi connectivity index (χ3v) is 6.92. The van der Waals surface area contributed by atoms with Gasteiger partial charge in [-0.1, -0.05) is 12.1 Å². The van der Waals surface area contributed by atoms with Crippen molar-refractivity contribution in [3.8, 4) is 0 Å². The van der Waals surface area contributed by atoms with Gasteiger partial charge in [-0.25, -0.2) is 0 Å². The maximum atomic E-state index is 13.4. The Kier molecular flexibility index (Phi) is 8.33. The number of allylic oxidation sites excluding steroid dienone is 1. The molecule has 1 aromatic heterocycles.